The molecule has 0 fully saturated rings. The van der Waals surface area contributed by atoms with E-state index in [0.29, 0.717) is 22.1 Å². The minimum Gasteiger partial charge on any atom is -0.482 e. The molecule has 7 heteroatoms. The molecule has 0 bridgehead atoms. The van der Waals surface area contributed by atoms with Crippen molar-refractivity contribution in [2.75, 3.05) is 17.2 Å². The molecule has 1 aliphatic rings. The van der Waals surface area contributed by atoms with Crippen LogP contribution in [0.25, 0.3) is 11.3 Å². The SMILES string of the molecule is Cc1ccc(-c2csc(NC(=O)c3ccc4c(c3)OCC(=O)N4)n2)cc1. The lowest BCUT2D eigenvalue weighted by molar-refractivity contribution is -0.118. The summed E-state index contributed by atoms with van der Waals surface area (Å²) >= 11 is 1.37. The third-order valence-corrected chi connectivity index (χ3v) is 4.71. The van der Waals surface area contributed by atoms with E-state index in [4.69, 9.17) is 4.74 Å². The third kappa shape index (κ3) is 3.29. The van der Waals surface area contributed by atoms with Gasteiger partial charge in [0.15, 0.2) is 11.7 Å². The molecule has 0 atom stereocenters. The van der Waals surface area contributed by atoms with Crippen LogP contribution in [0, 0.1) is 6.92 Å². The van der Waals surface area contributed by atoms with Gasteiger partial charge in [0.2, 0.25) is 0 Å². The fourth-order valence-corrected chi connectivity index (χ4v) is 3.29. The summed E-state index contributed by atoms with van der Waals surface area (Å²) < 4.78 is 5.34. The number of nitrogens with zero attached hydrogens (tertiary/aromatic N) is 1. The first-order chi connectivity index (χ1) is 12.6. The number of amides is 2. The number of aryl methyl sites for hydroxylation is 1. The van der Waals surface area contributed by atoms with Gasteiger partial charge >= 0.3 is 0 Å². The lowest BCUT2D eigenvalue weighted by atomic mass is 10.1. The maximum atomic E-state index is 12.5. The zero-order valence-corrected chi connectivity index (χ0v) is 14.7. The number of rotatable bonds is 3. The van der Waals surface area contributed by atoms with Gasteiger partial charge in [-0.2, -0.15) is 0 Å². The second-order valence-electron chi connectivity index (χ2n) is 5.91. The van der Waals surface area contributed by atoms with Crippen LogP contribution in [0.1, 0.15) is 15.9 Å². The topological polar surface area (TPSA) is 80.3 Å². The van der Waals surface area contributed by atoms with Crippen molar-refractivity contribution in [3.63, 3.8) is 0 Å². The van der Waals surface area contributed by atoms with E-state index in [2.05, 4.69) is 15.6 Å². The van der Waals surface area contributed by atoms with E-state index in [9.17, 15) is 9.59 Å². The number of anilines is 2. The number of nitrogens with one attached hydrogen (secondary N) is 2. The van der Waals surface area contributed by atoms with Crippen molar-refractivity contribution in [2.24, 2.45) is 0 Å². The molecule has 0 unspecified atom stereocenters. The van der Waals surface area contributed by atoms with Gasteiger partial charge in [-0.25, -0.2) is 4.98 Å². The lowest BCUT2D eigenvalue weighted by Crippen LogP contribution is -2.25. The second kappa shape index (κ2) is 6.61. The number of ether oxygens (including phenoxy) is 1. The van der Waals surface area contributed by atoms with Crippen molar-refractivity contribution < 1.29 is 14.3 Å². The van der Waals surface area contributed by atoms with Gasteiger partial charge in [0.1, 0.15) is 5.75 Å². The van der Waals surface area contributed by atoms with Crippen LogP contribution >= 0.6 is 11.3 Å². The standard InChI is InChI=1S/C19H15N3O3S/c1-11-2-4-12(5-3-11)15-10-26-19(21-15)22-18(24)13-6-7-14-16(8-13)25-9-17(23)20-14/h2-8,10H,9H2,1H3,(H,20,23)(H,21,22,24). The Morgan fingerprint density at radius 1 is 1.23 bits per heavy atom. The van der Waals surface area contributed by atoms with E-state index < -0.39 is 0 Å². The van der Waals surface area contributed by atoms with Crippen molar-refractivity contribution in [2.45, 2.75) is 6.92 Å². The van der Waals surface area contributed by atoms with Gasteiger partial charge in [-0.1, -0.05) is 29.8 Å². The maximum absolute atomic E-state index is 12.5. The van der Waals surface area contributed by atoms with E-state index >= 15 is 0 Å². The molecule has 2 N–H and O–H groups in total. The van der Waals surface area contributed by atoms with Crippen LogP contribution in [0.3, 0.4) is 0 Å². The van der Waals surface area contributed by atoms with E-state index in [1.807, 2.05) is 36.6 Å². The monoisotopic (exact) mass is 365 g/mol. The molecule has 2 aromatic carbocycles. The van der Waals surface area contributed by atoms with Crippen LogP contribution in [0.5, 0.6) is 5.75 Å². The Balaban J connectivity index is 1.50. The Labute approximate surface area is 153 Å². The summed E-state index contributed by atoms with van der Waals surface area (Å²) in [7, 11) is 0. The first kappa shape index (κ1) is 16.3. The number of carbonyl (C=O) groups excluding carboxylic acids is 2. The number of hydrogen-bond donors (Lipinski definition) is 2. The Morgan fingerprint density at radius 3 is 2.85 bits per heavy atom. The maximum Gasteiger partial charge on any atom is 0.262 e. The van der Waals surface area contributed by atoms with Crippen LogP contribution in [0.4, 0.5) is 10.8 Å². The molecule has 4 rings (SSSR count). The van der Waals surface area contributed by atoms with Gasteiger partial charge in [0.25, 0.3) is 11.8 Å². The van der Waals surface area contributed by atoms with Crippen molar-refractivity contribution in [1.29, 1.82) is 0 Å². The van der Waals surface area contributed by atoms with E-state index in [1.54, 1.807) is 18.2 Å². The van der Waals surface area contributed by atoms with E-state index in [-0.39, 0.29) is 18.4 Å². The Hall–Kier alpha value is -3.19. The van der Waals surface area contributed by atoms with Gasteiger partial charge in [-0.3, -0.25) is 14.9 Å². The molecule has 2 amide bonds. The largest absolute Gasteiger partial charge is 0.482 e. The van der Waals surface area contributed by atoms with Crippen LogP contribution in [-0.4, -0.2) is 23.4 Å². The number of carbonyl (C=O) groups is 2. The van der Waals surface area contributed by atoms with E-state index in [1.165, 1.54) is 16.9 Å². The molecule has 0 radical (unpaired) electrons. The molecule has 6 nitrogen and oxygen atoms in total. The average Bonchev–Trinajstić information content (AvgIpc) is 3.10. The molecule has 1 aliphatic heterocycles. The number of thiazole rings is 1. The molecule has 0 spiro atoms. The summed E-state index contributed by atoms with van der Waals surface area (Å²) in [5, 5.41) is 7.93. The summed E-state index contributed by atoms with van der Waals surface area (Å²) in [4.78, 5) is 28.2. The van der Waals surface area contributed by atoms with Crippen molar-refractivity contribution in [3.05, 3.63) is 59.0 Å². The van der Waals surface area contributed by atoms with Crippen LogP contribution in [0.15, 0.2) is 47.8 Å². The van der Waals surface area contributed by atoms with Crippen LogP contribution in [0.2, 0.25) is 0 Å². The van der Waals surface area contributed by atoms with Gasteiger partial charge < -0.3 is 10.1 Å². The minimum atomic E-state index is -0.280. The highest BCUT2D eigenvalue weighted by Gasteiger charge is 2.18. The summed E-state index contributed by atoms with van der Waals surface area (Å²) in [6.07, 6.45) is 0. The van der Waals surface area contributed by atoms with Gasteiger partial charge in [0, 0.05) is 16.5 Å². The molecule has 1 aromatic heterocycles. The van der Waals surface area contributed by atoms with Gasteiger partial charge in [-0.05, 0) is 25.1 Å². The Morgan fingerprint density at radius 2 is 2.04 bits per heavy atom. The highest BCUT2D eigenvalue weighted by Crippen LogP contribution is 2.29. The number of benzene rings is 2. The summed E-state index contributed by atoms with van der Waals surface area (Å²) in [5.74, 6) is -0.00374. The van der Waals surface area contributed by atoms with Crippen molar-refractivity contribution in [3.8, 4) is 17.0 Å². The second-order valence-corrected chi connectivity index (χ2v) is 6.76. The van der Waals surface area contributed by atoms with Crippen molar-refractivity contribution >= 4 is 34.0 Å². The van der Waals surface area contributed by atoms with E-state index in [0.717, 1.165) is 11.3 Å². The first-order valence-electron chi connectivity index (χ1n) is 7.99. The smallest absolute Gasteiger partial charge is 0.262 e. The number of hydrogen-bond acceptors (Lipinski definition) is 5. The molecular formula is C19H15N3O3S. The van der Waals surface area contributed by atoms with Gasteiger partial charge in [-0.15, -0.1) is 11.3 Å². The fraction of sp³-hybridized carbons (Fsp3) is 0.105. The highest BCUT2D eigenvalue weighted by molar-refractivity contribution is 7.14. The zero-order valence-electron chi connectivity index (χ0n) is 13.9. The molecule has 0 saturated carbocycles. The molecular weight excluding hydrogens is 350 g/mol. The summed E-state index contributed by atoms with van der Waals surface area (Å²) in [6, 6.07) is 13.0. The summed E-state index contributed by atoms with van der Waals surface area (Å²) in [5.41, 5.74) is 4.01. The number of fused-ring (bicyclic) bond motifs is 1. The predicted molar refractivity (Wildman–Crippen MR) is 101 cm³/mol. The lowest BCUT2D eigenvalue weighted by Gasteiger charge is -2.18. The molecule has 0 saturated heterocycles. The molecule has 3 aromatic rings. The first-order valence-corrected chi connectivity index (χ1v) is 8.87. The Bertz CT molecular complexity index is 996. The zero-order chi connectivity index (χ0) is 18.1. The summed E-state index contributed by atoms with van der Waals surface area (Å²) in [6.45, 7) is 1.98. The minimum absolute atomic E-state index is 0.0511. The quantitative estimate of drug-likeness (QED) is 0.742. The fourth-order valence-electron chi connectivity index (χ4n) is 2.57. The Kier molecular flexibility index (Phi) is 4.14. The average molecular weight is 365 g/mol. The molecule has 2 heterocycles. The molecule has 130 valence electrons. The third-order valence-electron chi connectivity index (χ3n) is 3.95. The predicted octanol–water partition coefficient (Wildman–Crippen LogP) is 3.70. The van der Waals surface area contributed by atoms with Crippen LogP contribution < -0.4 is 15.4 Å². The van der Waals surface area contributed by atoms with Crippen LogP contribution in [-0.2, 0) is 4.79 Å². The normalized spacial score (nSPS) is 12.7. The highest BCUT2D eigenvalue weighted by atomic mass is 32.1. The van der Waals surface area contributed by atoms with Gasteiger partial charge in [0.05, 0.1) is 11.4 Å². The molecule has 26 heavy (non-hydrogen) atoms. The number of aromatic nitrogens is 1. The molecule has 0 aliphatic carbocycles. The van der Waals surface area contributed by atoms with Crippen molar-refractivity contribution in [1.82, 2.24) is 4.98 Å².